The smallest absolute Gasteiger partial charge is 0.240 e. The first-order valence-electron chi connectivity index (χ1n) is 6.74. The van der Waals surface area contributed by atoms with Gasteiger partial charge in [0.2, 0.25) is 10.0 Å². The lowest BCUT2D eigenvalue weighted by atomic mass is 9.95. The standard InChI is InChI=1S/C14H18ClN3O2S/c1-10-9-18(2)6-5-14(10)17-21(19,20)12-4-3-11(8-16)13(15)7-12/h3-4,7,10,14,17H,5-6,9H2,1-2H3. The van der Waals surface area contributed by atoms with Gasteiger partial charge in [-0.1, -0.05) is 18.5 Å². The van der Waals surface area contributed by atoms with Crippen molar-refractivity contribution in [2.45, 2.75) is 24.3 Å². The lowest BCUT2D eigenvalue weighted by Crippen LogP contribution is -2.48. The Kier molecular flexibility index (Phi) is 4.89. The highest BCUT2D eigenvalue weighted by Gasteiger charge is 2.28. The van der Waals surface area contributed by atoms with E-state index in [0.29, 0.717) is 0 Å². The molecule has 5 nitrogen and oxygen atoms in total. The Hall–Kier alpha value is -1.13. The Bertz CT molecular complexity index is 669. The normalized spacial score (nSPS) is 23.7. The van der Waals surface area contributed by atoms with Crippen molar-refractivity contribution >= 4 is 21.6 Å². The molecular weight excluding hydrogens is 310 g/mol. The first-order valence-corrected chi connectivity index (χ1v) is 8.60. The Labute approximate surface area is 130 Å². The van der Waals surface area contributed by atoms with Gasteiger partial charge in [0.25, 0.3) is 0 Å². The number of likely N-dealkylation sites (tertiary alicyclic amines) is 1. The summed E-state index contributed by atoms with van der Waals surface area (Å²) in [7, 11) is -1.59. The molecular formula is C14H18ClN3O2S. The van der Waals surface area contributed by atoms with Gasteiger partial charge < -0.3 is 4.90 Å². The highest BCUT2D eigenvalue weighted by Crippen LogP contribution is 2.22. The van der Waals surface area contributed by atoms with Gasteiger partial charge in [0, 0.05) is 12.6 Å². The van der Waals surface area contributed by atoms with Crippen LogP contribution in [0.5, 0.6) is 0 Å². The van der Waals surface area contributed by atoms with Crippen molar-refractivity contribution in [2.24, 2.45) is 5.92 Å². The maximum Gasteiger partial charge on any atom is 0.240 e. The number of sulfonamides is 1. The summed E-state index contributed by atoms with van der Waals surface area (Å²) in [6, 6.07) is 5.99. The third-order valence-corrected chi connectivity index (χ3v) is 5.59. The van der Waals surface area contributed by atoms with Crippen LogP contribution in [0.3, 0.4) is 0 Å². The largest absolute Gasteiger partial charge is 0.306 e. The van der Waals surface area contributed by atoms with Crippen LogP contribution >= 0.6 is 11.6 Å². The molecule has 0 aromatic heterocycles. The zero-order chi connectivity index (χ0) is 15.6. The molecule has 2 unspecified atom stereocenters. The van der Waals surface area contributed by atoms with Gasteiger partial charge in [-0.05, 0) is 44.1 Å². The number of benzene rings is 1. The number of hydrogen-bond acceptors (Lipinski definition) is 4. The summed E-state index contributed by atoms with van der Waals surface area (Å²) in [4.78, 5) is 2.28. The molecule has 21 heavy (non-hydrogen) atoms. The second-order valence-corrected chi connectivity index (χ2v) is 7.63. The molecule has 1 N–H and O–H groups in total. The molecule has 1 aromatic carbocycles. The Balaban J connectivity index is 2.19. The number of nitrogens with one attached hydrogen (secondary N) is 1. The Morgan fingerprint density at radius 1 is 1.48 bits per heavy atom. The van der Waals surface area contributed by atoms with Crippen LogP contribution in [0.1, 0.15) is 18.9 Å². The SMILES string of the molecule is CC1CN(C)CCC1NS(=O)(=O)c1ccc(C#N)c(Cl)c1. The molecule has 0 spiro atoms. The van der Waals surface area contributed by atoms with Crippen molar-refractivity contribution in [3.63, 3.8) is 0 Å². The maximum atomic E-state index is 12.4. The van der Waals surface area contributed by atoms with Crippen molar-refractivity contribution in [1.82, 2.24) is 9.62 Å². The molecule has 2 atom stereocenters. The topological polar surface area (TPSA) is 73.2 Å². The van der Waals surface area contributed by atoms with Crippen molar-refractivity contribution in [3.05, 3.63) is 28.8 Å². The van der Waals surface area contributed by atoms with Gasteiger partial charge in [-0.25, -0.2) is 13.1 Å². The number of nitrogens with zero attached hydrogens (tertiary/aromatic N) is 2. The first kappa shape index (κ1) is 16.2. The summed E-state index contributed by atoms with van der Waals surface area (Å²) in [5, 5.41) is 8.98. The van der Waals surface area contributed by atoms with E-state index in [-0.39, 0.29) is 27.4 Å². The molecule has 0 amide bonds. The number of halogens is 1. The van der Waals surface area contributed by atoms with Crippen molar-refractivity contribution < 1.29 is 8.42 Å². The van der Waals surface area contributed by atoms with Crippen molar-refractivity contribution in [3.8, 4) is 6.07 Å². The lowest BCUT2D eigenvalue weighted by molar-refractivity contribution is 0.188. The van der Waals surface area contributed by atoms with Crippen LogP contribution in [-0.2, 0) is 10.0 Å². The summed E-state index contributed by atoms with van der Waals surface area (Å²) in [5.74, 6) is 0.243. The second kappa shape index (κ2) is 6.32. The fourth-order valence-electron chi connectivity index (χ4n) is 2.55. The van der Waals surface area contributed by atoms with Crippen LogP contribution in [-0.4, -0.2) is 39.5 Å². The van der Waals surface area contributed by atoms with E-state index >= 15 is 0 Å². The molecule has 1 heterocycles. The van der Waals surface area contributed by atoms with Crippen molar-refractivity contribution in [1.29, 1.82) is 5.26 Å². The molecule has 0 bridgehead atoms. The van der Waals surface area contributed by atoms with Crippen LogP contribution in [0, 0.1) is 17.2 Å². The van der Waals surface area contributed by atoms with E-state index in [1.165, 1.54) is 18.2 Å². The van der Waals surface area contributed by atoms with Crippen LogP contribution in [0.4, 0.5) is 0 Å². The highest BCUT2D eigenvalue weighted by atomic mass is 35.5. The summed E-state index contributed by atoms with van der Waals surface area (Å²) < 4.78 is 27.6. The van der Waals surface area contributed by atoms with Gasteiger partial charge in [-0.15, -0.1) is 0 Å². The second-order valence-electron chi connectivity index (χ2n) is 5.51. The maximum absolute atomic E-state index is 12.4. The molecule has 1 aliphatic rings. The molecule has 7 heteroatoms. The molecule has 2 rings (SSSR count). The van der Waals surface area contributed by atoms with E-state index in [9.17, 15) is 8.42 Å². The fraction of sp³-hybridized carbons (Fsp3) is 0.500. The van der Waals surface area contributed by atoms with Gasteiger partial charge in [0.1, 0.15) is 6.07 Å². The predicted molar refractivity (Wildman–Crippen MR) is 81.6 cm³/mol. The molecule has 1 aromatic rings. The Morgan fingerprint density at radius 3 is 2.76 bits per heavy atom. The third kappa shape index (κ3) is 3.74. The minimum absolute atomic E-state index is 0.0828. The average Bonchev–Trinajstić information content (AvgIpc) is 2.42. The number of hydrogen-bond donors (Lipinski definition) is 1. The van der Waals surface area contributed by atoms with E-state index in [1.54, 1.807) is 0 Å². The summed E-state index contributed by atoms with van der Waals surface area (Å²) in [5.41, 5.74) is 0.267. The van der Waals surface area contributed by atoms with Gasteiger partial charge >= 0.3 is 0 Å². The number of piperidine rings is 1. The van der Waals surface area contributed by atoms with Gasteiger partial charge in [0.15, 0.2) is 0 Å². The summed E-state index contributed by atoms with van der Waals surface area (Å²) in [6.07, 6.45) is 0.779. The van der Waals surface area contributed by atoms with Crippen LogP contribution in [0.25, 0.3) is 0 Å². The van der Waals surface area contributed by atoms with E-state index in [1.807, 2.05) is 20.0 Å². The highest BCUT2D eigenvalue weighted by molar-refractivity contribution is 7.89. The Morgan fingerprint density at radius 2 is 2.19 bits per heavy atom. The fourth-order valence-corrected chi connectivity index (χ4v) is 4.24. The average molecular weight is 328 g/mol. The van der Waals surface area contributed by atoms with Gasteiger partial charge in [-0.2, -0.15) is 5.26 Å². The quantitative estimate of drug-likeness (QED) is 0.919. The van der Waals surface area contributed by atoms with E-state index in [0.717, 1.165) is 19.5 Å². The number of nitriles is 1. The lowest BCUT2D eigenvalue weighted by Gasteiger charge is -2.34. The zero-order valence-corrected chi connectivity index (χ0v) is 13.6. The first-order chi connectivity index (χ1) is 9.83. The molecule has 1 aliphatic heterocycles. The van der Waals surface area contributed by atoms with Crippen LogP contribution < -0.4 is 4.72 Å². The minimum Gasteiger partial charge on any atom is -0.306 e. The zero-order valence-electron chi connectivity index (χ0n) is 12.0. The summed E-state index contributed by atoms with van der Waals surface area (Å²) in [6.45, 7) is 3.77. The van der Waals surface area contributed by atoms with Crippen molar-refractivity contribution in [2.75, 3.05) is 20.1 Å². The van der Waals surface area contributed by atoms with Gasteiger partial charge in [0.05, 0.1) is 15.5 Å². The van der Waals surface area contributed by atoms with Crippen LogP contribution in [0.15, 0.2) is 23.1 Å². The molecule has 1 fully saturated rings. The van der Waals surface area contributed by atoms with Gasteiger partial charge in [-0.3, -0.25) is 0 Å². The molecule has 1 saturated heterocycles. The van der Waals surface area contributed by atoms with E-state index in [2.05, 4.69) is 9.62 Å². The number of rotatable bonds is 3. The molecule has 0 saturated carbocycles. The van der Waals surface area contributed by atoms with Crippen LogP contribution in [0.2, 0.25) is 5.02 Å². The minimum atomic E-state index is -3.62. The summed E-state index contributed by atoms with van der Waals surface area (Å²) >= 11 is 5.90. The van der Waals surface area contributed by atoms with E-state index < -0.39 is 10.0 Å². The predicted octanol–water partition coefficient (Wildman–Crippen LogP) is 1.83. The molecule has 0 radical (unpaired) electrons. The van der Waals surface area contributed by atoms with E-state index in [4.69, 9.17) is 16.9 Å². The third-order valence-electron chi connectivity index (χ3n) is 3.79. The molecule has 0 aliphatic carbocycles. The monoisotopic (exact) mass is 327 g/mol. The molecule has 114 valence electrons.